The minimum absolute atomic E-state index is 0.00374. The summed E-state index contributed by atoms with van der Waals surface area (Å²) in [5.41, 5.74) is 27.3. The number of aliphatic carboxylic acids is 3. The van der Waals surface area contributed by atoms with Gasteiger partial charge >= 0.3 is 17.9 Å². The number of carboxylic acids is 3. The minimum atomic E-state index is -1.95. The Labute approximate surface area is 406 Å². The average molecular weight is 1000 g/mol. The first-order valence-electron chi connectivity index (χ1n) is 22.8. The van der Waals surface area contributed by atoms with E-state index in [9.17, 15) is 68.4 Å². The lowest BCUT2D eigenvalue weighted by molar-refractivity contribution is -0.142. The number of nitrogens with two attached hydrogens (primary N) is 5. The number of amides is 7. The zero-order chi connectivity index (χ0) is 54.0. The third-order valence-corrected chi connectivity index (χ3v) is 10.2. The zero-order valence-electron chi connectivity index (χ0n) is 40.9. The van der Waals surface area contributed by atoms with Crippen molar-refractivity contribution < 1.29 is 68.4 Å². The molecule has 0 rings (SSSR count). The molecule has 0 heterocycles. The van der Waals surface area contributed by atoms with Gasteiger partial charge in [-0.05, 0) is 69.6 Å². The van der Waals surface area contributed by atoms with E-state index in [0.717, 1.165) is 0 Å². The summed E-state index contributed by atoms with van der Waals surface area (Å²) in [5, 5.41) is 56.0. The summed E-state index contributed by atoms with van der Waals surface area (Å²) in [5.74, 6) is -13.0. The summed E-state index contributed by atoms with van der Waals surface area (Å²) in [4.78, 5) is 138. The Bertz CT molecular complexity index is 1850. The Balaban J connectivity index is 6.70. The summed E-state index contributed by atoms with van der Waals surface area (Å²) in [6.45, 7) is 11.3. The number of hydrogen-bond acceptors (Lipinski definition) is 14. The lowest BCUT2D eigenvalue weighted by atomic mass is 10.00. The summed E-state index contributed by atoms with van der Waals surface area (Å²) in [7, 11) is 0. The van der Waals surface area contributed by atoms with Crippen LogP contribution in [-0.4, -0.2) is 159 Å². The van der Waals surface area contributed by atoms with Crippen molar-refractivity contribution in [3.63, 3.8) is 0 Å². The summed E-state index contributed by atoms with van der Waals surface area (Å²) in [6.07, 6.45) is -4.03. The maximum atomic E-state index is 13.9. The van der Waals surface area contributed by atoms with Crippen LogP contribution in [0.1, 0.15) is 106 Å². The van der Waals surface area contributed by atoms with E-state index >= 15 is 0 Å². The van der Waals surface area contributed by atoms with Gasteiger partial charge in [-0.25, -0.2) is 4.79 Å². The Morgan fingerprint density at radius 3 is 1.23 bits per heavy atom. The zero-order valence-corrected chi connectivity index (χ0v) is 40.9. The summed E-state index contributed by atoms with van der Waals surface area (Å²) >= 11 is 0. The highest BCUT2D eigenvalue weighted by Gasteiger charge is 2.36. The number of nitrogens with zero attached hydrogens (tertiary/aromatic N) is 2. The van der Waals surface area contributed by atoms with Crippen molar-refractivity contribution in [2.75, 3.05) is 13.1 Å². The second kappa shape index (κ2) is 32.1. The molecule has 9 atom stereocenters. The van der Waals surface area contributed by atoms with Gasteiger partial charge in [0.25, 0.3) is 0 Å². The van der Waals surface area contributed by atoms with Gasteiger partial charge in [-0.3, -0.25) is 53.1 Å². The second-order valence-corrected chi connectivity index (χ2v) is 17.9. The van der Waals surface area contributed by atoms with Crippen LogP contribution in [0, 0.1) is 17.8 Å². The fraction of sp³-hybridized carbons (Fsp3) is 0.714. The molecule has 7 amide bonds. The second-order valence-electron chi connectivity index (χ2n) is 17.9. The molecule has 0 radical (unpaired) electrons. The minimum Gasteiger partial charge on any atom is -0.481 e. The van der Waals surface area contributed by atoms with Gasteiger partial charge < -0.3 is 86.3 Å². The first-order valence-corrected chi connectivity index (χ1v) is 22.8. The van der Waals surface area contributed by atoms with Crippen LogP contribution in [0.3, 0.4) is 0 Å². The molecule has 0 aliphatic rings. The van der Waals surface area contributed by atoms with Crippen LogP contribution in [-0.2, 0) is 47.9 Å². The van der Waals surface area contributed by atoms with E-state index in [0.29, 0.717) is 0 Å². The van der Waals surface area contributed by atoms with E-state index in [2.05, 4.69) is 47.2 Å². The molecule has 0 fully saturated rings. The van der Waals surface area contributed by atoms with Crippen molar-refractivity contribution in [2.45, 2.75) is 161 Å². The normalized spacial score (nSPS) is 15.0. The SMILES string of the molecule is CC(C)C[C@H](NC(=O)[C@H](CC(=O)O)NC(=O)[C@H](CCC(=O)O)NC(=O)[C@H](CC(C)C)NC(=O)[C@@H](NC(=O)[C@@H](N)C(C)C)[C@@H](C)O)C(=O)N[C@@H](CCCN=C(N)N)C(=O)N[C@@H](CCCN=C(N)N)C(=O)O. The van der Waals surface area contributed by atoms with Crippen molar-refractivity contribution in [3.05, 3.63) is 0 Å². The molecule has 0 aromatic heterocycles. The van der Waals surface area contributed by atoms with Gasteiger partial charge in [0, 0.05) is 19.5 Å². The van der Waals surface area contributed by atoms with Crippen LogP contribution in [0.25, 0.3) is 0 Å². The maximum absolute atomic E-state index is 13.9. The third-order valence-electron chi connectivity index (χ3n) is 10.2. The largest absolute Gasteiger partial charge is 0.481 e. The standard InChI is InChI=1S/C42H76N14O14/c1-19(2)16-26(35(64)50-23(10-8-14-48-41(44)45)33(62)52-25(40(69)70)11-9-15-49-42(46)47)53-37(66)28(18-30(60)61)54-34(63)24(12-13-29(58)59)51-36(65)27(17-20(3)4)55-39(68)32(22(7)57)56-38(67)31(43)21(5)6/h19-28,31-32,57H,8-18,43H2,1-7H3,(H,50,64)(H,51,65)(H,52,62)(H,53,66)(H,54,63)(H,55,68)(H,56,67)(H,58,59)(H,60,61)(H,69,70)(H4,44,45,48)(H4,46,47,49)/t22-,23+,24+,25+,26+,27+,28+,31+,32+/m1/s1. The fourth-order valence-electron chi connectivity index (χ4n) is 6.44. The number of aliphatic imine (C=N–C) groups is 2. The number of hydrogen-bond donors (Lipinski definition) is 16. The van der Waals surface area contributed by atoms with Gasteiger partial charge in [0.05, 0.1) is 18.6 Å². The van der Waals surface area contributed by atoms with Crippen LogP contribution >= 0.6 is 0 Å². The van der Waals surface area contributed by atoms with E-state index in [1.54, 1.807) is 41.5 Å². The number of aliphatic hydroxyl groups excluding tert-OH is 1. The number of aliphatic hydroxyl groups is 1. The van der Waals surface area contributed by atoms with Gasteiger partial charge in [-0.15, -0.1) is 0 Å². The molecule has 28 nitrogen and oxygen atoms in total. The highest BCUT2D eigenvalue weighted by atomic mass is 16.4. The molecule has 0 aliphatic carbocycles. The lowest BCUT2D eigenvalue weighted by Gasteiger charge is -2.29. The molecule has 0 saturated heterocycles. The van der Waals surface area contributed by atoms with Crippen LogP contribution in [0.4, 0.5) is 0 Å². The number of carbonyl (C=O) groups is 10. The number of rotatable bonds is 34. The summed E-state index contributed by atoms with van der Waals surface area (Å²) in [6, 6.07) is -12.1. The number of nitrogens with one attached hydrogen (secondary N) is 7. The van der Waals surface area contributed by atoms with Crippen LogP contribution in [0.2, 0.25) is 0 Å². The highest BCUT2D eigenvalue weighted by Crippen LogP contribution is 2.12. The average Bonchev–Trinajstić information content (AvgIpc) is 3.23. The van der Waals surface area contributed by atoms with E-state index < -0.39 is 133 Å². The monoisotopic (exact) mass is 1000 g/mol. The van der Waals surface area contributed by atoms with E-state index in [-0.39, 0.29) is 81.3 Å². The molecular formula is C42H76N14O14. The van der Waals surface area contributed by atoms with E-state index in [4.69, 9.17) is 28.7 Å². The van der Waals surface area contributed by atoms with Crippen molar-refractivity contribution in [1.82, 2.24) is 37.2 Å². The van der Waals surface area contributed by atoms with Crippen molar-refractivity contribution in [3.8, 4) is 0 Å². The topological polar surface area (TPSA) is 491 Å². The summed E-state index contributed by atoms with van der Waals surface area (Å²) < 4.78 is 0. The molecule has 0 bridgehead atoms. The fourth-order valence-corrected chi connectivity index (χ4v) is 6.44. The van der Waals surface area contributed by atoms with Crippen molar-refractivity contribution >= 4 is 71.2 Å². The Hall–Kier alpha value is -6.84. The lowest BCUT2D eigenvalue weighted by Crippen LogP contribution is -2.61. The van der Waals surface area contributed by atoms with Crippen molar-refractivity contribution in [1.29, 1.82) is 0 Å². The van der Waals surface area contributed by atoms with E-state index in [1.807, 2.05) is 0 Å². The maximum Gasteiger partial charge on any atom is 0.326 e. The molecule has 0 aromatic carbocycles. The molecule has 28 heteroatoms. The van der Waals surface area contributed by atoms with Crippen molar-refractivity contribution in [2.24, 2.45) is 56.4 Å². The quantitative estimate of drug-likeness (QED) is 0.0164. The Kier molecular flexibility index (Phi) is 28.9. The van der Waals surface area contributed by atoms with Gasteiger partial charge in [0.1, 0.15) is 42.3 Å². The van der Waals surface area contributed by atoms with Gasteiger partial charge in [-0.1, -0.05) is 41.5 Å². The molecule has 0 aliphatic heterocycles. The van der Waals surface area contributed by atoms with Crippen LogP contribution in [0.5, 0.6) is 0 Å². The predicted molar refractivity (Wildman–Crippen MR) is 253 cm³/mol. The molecule has 0 unspecified atom stereocenters. The number of carboxylic acid groups (broad SMARTS) is 3. The Morgan fingerprint density at radius 2 is 0.843 bits per heavy atom. The molecule has 70 heavy (non-hydrogen) atoms. The van der Waals surface area contributed by atoms with Gasteiger partial charge in [-0.2, -0.15) is 0 Å². The third kappa shape index (κ3) is 26.1. The molecule has 0 saturated carbocycles. The van der Waals surface area contributed by atoms with Gasteiger partial charge in [0.2, 0.25) is 41.4 Å². The molecule has 398 valence electrons. The molecular weight excluding hydrogens is 925 g/mol. The first-order chi connectivity index (χ1) is 32.5. The van der Waals surface area contributed by atoms with Crippen LogP contribution < -0.4 is 65.9 Å². The van der Waals surface area contributed by atoms with Gasteiger partial charge in [0.15, 0.2) is 11.9 Å². The molecule has 0 aromatic rings. The number of carbonyl (C=O) groups excluding carboxylic acids is 7. The first kappa shape index (κ1) is 63.2. The van der Waals surface area contributed by atoms with Crippen LogP contribution in [0.15, 0.2) is 9.98 Å². The van der Waals surface area contributed by atoms with E-state index in [1.165, 1.54) is 6.92 Å². The molecule has 21 N–H and O–H groups in total. The molecule has 0 spiro atoms. The smallest absolute Gasteiger partial charge is 0.326 e. The highest BCUT2D eigenvalue weighted by molar-refractivity contribution is 5.98. The Morgan fingerprint density at radius 1 is 0.471 bits per heavy atom. The predicted octanol–water partition coefficient (Wildman–Crippen LogP) is -4.63. The number of guanidine groups is 2.